The maximum Gasteiger partial charge on any atom is 0.316 e. The number of ether oxygens (including phenoxy) is 1. The van der Waals surface area contributed by atoms with Crippen molar-refractivity contribution in [1.29, 1.82) is 0 Å². The lowest BCUT2D eigenvalue weighted by Gasteiger charge is -2.22. The lowest BCUT2D eigenvalue weighted by molar-refractivity contribution is -0.149. The summed E-state index contributed by atoms with van der Waals surface area (Å²) in [6, 6.07) is 0. The molecule has 0 aromatic rings. The molecule has 0 aliphatic heterocycles. The molecule has 1 fully saturated rings. The molecule has 0 saturated heterocycles. The second-order valence-electron chi connectivity index (χ2n) is 3.85. The monoisotopic (exact) mass is 196 g/mol. The minimum absolute atomic E-state index is 0.0156. The molecule has 1 aliphatic rings. The van der Waals surface area contributed by atoms with E-state index in [9.17, 15) is 9.59 Å². The Bertz CT molecular complexity index is 277. The molecule has 0 aromatic carbocycles. The van der Waals surface area contributed by atoms with E-state index in [0.29, 0.717) is 12.8 Å². The number of rotatable bonds is 1. The summed E-state index contributed by atoms with van der Waals surface area (Å²) in [6.07, 6.45) is 1.82. The van der Waals surface area contributed by atoms with Gasteiger partial charge >= 0.3 is 5.97 Å². The number of hydrogen-bond acceptors (Lipinski definition) is 3. The average molecular weight is 196 g/mol. The fraction of sp³-hybridized carbons (Fsp3) is 0.636. The quantitative estimate of drug-likeness (QED) is 0.365. The number of allylic oxidation sites excluding steroid dienone is 2. The van der Waals surface area contributed by atoms with Gasteiger partial charge in [-0.2, -0.15) is 0 Å². The van der Waals surface area contributed by atoms with Crippen molar-refractivity contribution < 1.29 is 14.3 Å². The molecule has 0 radical (unpaired) electrons. The number of carbonyl (C=O) groups excluding carboxylic acids is 2. The Morgan fingerprint density at radius 1 is 1.36 bits per heavy atom. The summed E-state index contributed by atoms with van der Waals surface area (Å²) in [5.74, 6) is -0.936. The summed E-state index contributed by atoms with van der Waals surface area (Å²) < 4.78 is 4.61. The molecule has 0 heterocycles. The lowest BCUT2D eigenvalue weighted by atomic mass is 9.83. The molecule has 1 rings (SSSR count). The molecule has 1 aliphatic carbocycles. The summed E-state index contributed by atoms with van der Waals surface area (Å²) in [7, 11) is 1.33. The van der Waals surface area contributed by atoms with Gasteiger partial charge in [-0.25, -0.2) is 0 Å². The Balaban J connectivity index is 2.80. The van der Waals surface area contributed by atoms with Crippen LogP contribution in [-0.2, 0) is 14.3 Å². The van der Waals surface area contributed by atoms with Gasteiger partial charge in [-0.15, -0.1) is 0 Å². The van der Waals surface area contributed by atoms with E-state index in [4.69, 9.17) is 0 Å². The first-order chi connectivity index (χ1) is 6.56. The number of methoxy groups -OCH3 is 1. The van der Waals surface area contributed by atoms with Crippen molar-refractivity contribution in [2.75, 3.05) is 7.11 Å². The molecular weight excluding hydrogens is 180 g/mol. The van der Waals surface area contributed by atoms with Crippen LogP contribution >= 0.6 is 0 Å². The third-order valence-electron chi connectivity index (χ3n) is 2.71. The van der Waals surface area contributed by atoms with Crippen LogP contribution in [0.2, 0.25) is 0 Å². The van der Waals surface area contributed by atoms with Gasteiger partial charge in [-0.3, -0.25) is 9.59 Å². The zero-order chi connectivity index (χ0) is 10.7. The molecule has 0 N–H and O–H groups in total. The van der Waals surface area contributed by atoms with Crippen LogP contribution in [0.5, 0.6) is 0 Å². The first-order valence-corrected chi connectivity index (χ1v) is 4.82. The summed E-state index contributed by atoms with van der Waals surface area (Å²) in [5, 5.41) is 0. The SMILES string of the molecule is COC(=O)[C@H]1CC(=C(C)C)CCC1=O. The van der Waals surface area contributed by atoms with Crippen LogP contribution in [0.1, 0.15) is 33.1 Å². The van der Waals surface area contributed by atoms with Gasteiger partial charge in [0, 0.05) is 6.42 Å². The number of hydrogen-bond donors (Lipinski definition) is 0. The van der Waals surface area contributed by atoms with Gasteiger partial charge < -0.3 is 4.74 Å². The van der Waals surface area contributed by atoms with Crippen LogP contribution in [0.4, 0.5) is 0 Å². The summed E-state index contributed by atoms with van der Waals surface area (Å²) in [4.78, 5) is 22.7. The maximum atomic E-state index is 11.4. The van der Waals surface area contributed by atoms with E-state index in [1.165, 1.54) is 18.3 Å². The number of ketones is 1. The normalized spacial score (nSPS) is 22.1. The van der Waals surface area contributed by atoms with Gasteiger partial charge in [0.1, 0.15) is 11.7 Å². The van der Waals surface area contributed by atoms with Crippen LogP contribution in [0, 0.1) is 5.92 Å². The highest BCUT2D eigenvalue weighted by Gasteiger charge is 2.32. The molecule has 0 amide bonds. The average Bonchev–Trinajstić information content (AvgIpc) is 2.17. The van der Waals surface area contributed by atoms with Crippen LogP contribution in [0.25, 0.3) is 0 Å². The first-order valence-electron chi connectivity index (χ1n) is 4.82. The number of carbonyl (C=O) groups is 2. The highest BCUT2D eigenvalue weighted by molar-refractivity contribution is 6.00. The molecule has 3 nitrogen and oxygen atoms in total. The minimum atomic E-state index is -0.557. The summed E-state index contributed by atoms with van der Waals surface area (Å²) in [6.45, 7) is 4.03. The molecule has 0 spiro atoms. The molecule has 1 saturated carbocycles. The number of esters is 1. The third kappa shape index (κ3) is 2.22. The Morgan fingerprint density at radius 3 is 2.50 bits per heavy atom. The van der Waals surface area contributed by atoms with Crippen molar-refractivity contribution in [2.24, 2.45) is 5.92 Å². The molecule has 3 heteroatoms. The van der Waals surface area contributed by atoms with Crippen LogP contribution in [0.15, 0.2) is 11.1 Å². The van der Waals surface area contributed by atoms with E-state index >= 15 is 0 Å². The predicted octanol–water partition coefficient (Wildman–Crippen LogP) is 1.86. The third-order valence-corrected chi connectivity index (χ3v) is 2.71. The van der Waals surface area contributed by atoms with Gasteiger partial charge in [0.05, 0.1) is 7.11 Å². The van der Waals surface area contributed by atoms with Gasteiger partial charge in [-0.05, 0) is 26.7 Å². The molecular formula is C11H16O3. The Morgan fingerprint density at radius 2 is 2.00 bits per heavy atom. The molecule has 1 atom stereocenters. The maximum absolute atomic E-state index is 11.4. The highest BCUT2D eigenvalue weighted by Crippen LogP contribution is 2.28. The Hall–Kier alpha value is -1.12. The zero-order valence-corrected chi connectivity index (χ0v) is 8.92. The highest BCUT2D eigenvalue weighted by atomic mass is 16.5. The Kier molecular flexibility index (Phi) is 3.44. The summed E-state index contributed by atoms with van der Waals surface area (Å²) in [5.41, 5.74) is 2.44. The molecule has 78 valence electrons. The van der Waals surface area contributed by atoms with Gasteiger partial charge in [0.2, 0.25) is 0 Å². The van der Waals surface area contributed by atoms with Crippen molar-refractivity contribution in [3.8, 4) is 0 Å². The first kappa shape index (κ1) is 11.0. The van der Waals surface area contributed by atoms with E-state index < -0.39 is 11.9 Å². The largest absolute Gasteiger partial charge is 0.468 e. The van der Waals surface area contributed by atoms with Crippen LogP contribution in [-0.4, -0.2) is 18.9 Å². The van der Waals surface area contributed by atoms with Crippen molar-refractivity contribution in [3.63, 3.8) is 0 Å². The standard InChI is InChI=1S/C11H16O3/c1-7(2)8-4-5-10(12)9(6-8)11(13)14-3/h9H,4-6H2,1-3H3/t9-/m0/s1. The van der Waals surface area contributed by atoms with E-state index in [1.54, 1.807) is 0 Å². The van der Waals surface area contributed by atoms with E-state index in [-0.39, 0.29) is 5.78 Å². The van der Waals surface area contributed by atoms with Crippen molar-refractivity contribution >= 4 is 11.8 Å². The van der Waals surface area contributed by atoms with Crippen molar-refractivity contribution in [2.45, 2.75) is 33.1 Å². The van der Waals surface area contributed by atoms with Gasteiger partial charge in [0.15, 0.2) is 0 Å². The van der Waals surface area contributed by atoms with Crippen molar-refractivity contribution in [3.05, 3.63) is 11.1 Å². The van der Waals surface area contributed by atoms with Gasteiger partial charge in [-0.1, -0.05) is 11.1 Å². The van der Waals surface area contributed by atoms with Gasteiger partial charge in [0.25, 0.3) is 0 Å². The lowest BCUT2D eigenvalue weighted by Crippen LogP contribution is -2.29. The fourth-order valence-corrected chi connectivity index (χ4v) is 1.72. The van der Waals surface area contributed by atoms with Crippen molar-refractivity contribution in [1.82, 2.24) is 0 Å². The van der Waals surface area contributed by atoms with E-state index in [2.05, 4.69) is 4.74 Å². The molecule has 0 unspecified atom stereocenters. The molecule has 0 bridgehead atoms. The molecule has 14 heavy (non-hydrogen) atoms. The minimum Gasteiger partial charge on any atom is -0.468 e. The van der Waals surface area contributed by atoms with E-state index in [0.717, 1.165) is 6.42 Å². The topological polar surface area (TPSA) is 43.4 Å². The smallest absolute Gasteiger partial charge is 0.316 e. The Labute approximate surface area is 84.1 Å². The van der Waals surface area contributed by atoms with Crippen LogP contribution < -0.4 is 0 Å². The summed E-state index contributed by atoms with van der Waals surface area (Å²) >= 11 is 0. The second-order valence-corrected chi connectivity index (χ2v) is 3.85. The van der Waals surface area contributed by atoms with Crippen LogP contribution in [0.3, 0.4) is 0 Å². The number of Topliss-reactive ketones (excluding diaryl/α,β-unsaturated/α-hetero) is 1. The predicted molar refractivity (Wildman–Crippen MR) is 52.7 cm³/mol. The molecule has 0 aromatic heterocycles. The fourth-order valence-electron chi connectivity index (χ4n) is 1.72. The second kappa shape index (κ2) is 4.40. The van der Waals surface area contributed by atoms with E-state index in [1.807, 2.05) is 13.8 Å². The zero-order valence-electron chi connectivity index (χ0n) is 8.92.